The molecule has 1 heterocycles. The lowest BCUT2D eigenvalue weighted by atomic mass is 10.4. The van der Waals surface area contributed by atoms with E-state index in [9.17, 15) is 0 Å². The van der Waals surface area contributed by atoms with E-state index in [1.54, 1.807) is 0 Å². The van der Waals surface area contributed by atoms with Crippen molar-refractivity contribution in [3.05, 3.63) is 0 Å². The summed E-state index contributed by atoms with van der Waals surface area (Å²) in [7, 11) is 0. The first-order chi connectivity index (χ1) is 4.34. The van der Waals surface area contributed by atoms with Crippen molar-refractivity contribution in [2.75, 3.05) is 19.8 Å². The molecule has 1 saturated heterocycles. The van der Waals surface area contributed by atoms with Crippen LogP contribution in [0.1, 0.15) is 0 Å². The number of hydrogen-bond donors (Lipinski definition) is 2. The van der Waals surface area contributed by atoms with Crippen molar-refractivity contribution in [1.29, 1.82) is 0 Å². The van der Waals surface area contributed by atoms with Gasteiger partial charge in [0.15, 0.2) is 6.29 Å². The smallest absolute Gasteiger partial charge is 0.185 e. The molecule has 9 heavy (non-hydrogen) atoms. The Morgan fingerprint density at radius 2 is 2.00 bits per heavy atom. The molecular weight excluding hydrogens is 124 g/mol. The summed E-state index contributed by atoms with van der Waals surface area (Å²) in [5, 5.41) is 17.2. The van der Waals surface area contributed by atoms with Crippen LogP contribution in [0.5, 0.6) is 0 Å². The van der Waals surface area contributed by atoms with Crippen LogP contribution in [-0.2, 0) is 9.47 Å². The van der Waals surface area contributed by atoms with Gasteiger partial charge in [0.05, 0.1) is 19.8 Å². The minimum atomic E-state index is -0.896. The van der Waals surface area contributed by atoms with Crippen molar-refractivity contribution in [3.8, 4) is 0 Å². The van der Waals surface area contributed by atoms with Crippen LogP contribution in [0.2, 0.25) is 0 Å². The van der Waals surface area contributed by atoms with Gasteiger partial charge in [-0.05, 0) is 0 Å². The van der Waals surface area contributed by atoms with E-state index >= 15 is 0 Å². The van der Waals surface area contributed by atoms with E-state index in [1.807, 2.05) is 0 Å². The highest BCUT2D eigenvalue weighted by Crippen LogP contribution is 2.07. The van der Waals surface area contributed by atoms with Gasteiger partial charge in [-0.15, -0.1) is 0 Å². The number of aliphatic hydroxyl groups excluding tert-OH is 2. The van der Waals surface area contributed by atoms with E-state index in [0.29, 0.717) is 13.2 Å². The third-order valence-electron chi connectivity index (χ3n) is 1.15. The van der Waals surface area contributed by atoms with Crippen LogP contribution in [0.25, 0.3) is 0 Å². The molecule has 4 heteroatoms. The van der Waals surface area contributed by atoms with Gasteiger partial charge in [-0.2, -0.15) is 0 Å². The molecule has 4 nitrogen and oxygen atoms in total. The predicted molar refractivity (Wildman–Crippen MR) is 28.8 cm³/mol. The fourth-order valence-electron chi connectivity index (χ4n) is 0.685. The van der Waals surface area contributed by atoms with E-state index < -0.39 is 12.4 Å². The predicted octanol–water partition coefficient (Wildman–Crippen LogP) is -1.29. The normalized spacial score (nSPS) is 24.7. The molecule has 1 atom stereocenters. The monoisotopic (exact) mass is 134 g/mol. The van der Waals surface area contributed by atoms with E-state index in [1.165, 1.54) is 0 Å². The number of hydrogen-bond acceptors (Lipinski definition) is 4. The van der Waals surface area contributed by atoms with Gasteiger partial charge < -0.3 is 19.7 Å². The summed E-state index contributed by atoms with van der Waals surface area (Å²) in [5.41, 5.74) is 0. The van der Waals surface area contributed by atoms with Crippen LogP contribution < -0.4 is 0 Å². The van der Waals surface area contributed by atoms with Crippen molar-refractivity contribution in [1.82, 2.24) is 0 Å². The SMILES string of the molecule is OC[C@@H](O)C1OCCO1. The fourth-order valence-corrected chi connectivity index (χ4v) is 0.685. The maximum atomic E-state index is 8.86. The largest absolute Gasteiger partial charge is 0.393 e. The number of rotatable bonds is 2. The summed E-state index contributed by atoms with van der Waals surface area (Å²) >= 11 is 0. The molecule has 0 unspecified atom stereocenters. The summed E-state index contributed by atoms with van der Waals surface area (Å²) in [4.78, 5) is 0. The minimum absolute atomic E-state index is 0.315. The lowest BCUT2D eigenvalue weighted by Crippen LogP contribution is -2.29. The molecule has 54 valence electrons. The Hall–Kier alpha value is -0.160. The Kier molecular flexibility index (Phi) is 2.41. The maximum Gasteiger partial charge on any atom is 0.185 e. The second kappa shape index (κ2) is 3.12. The van der Waals surface area contributed by atoms with E-state index in [4.69, 9.17) is 19.7 Å². The summed E-state index contributed by atoms with van der Waals surface area (Å²) in [5.74, 6) is 0. The highest BCUT2D eigenvalue weighted by molar-refractivity contribution is 4.61. The lowest BCUT2D eigenvalue weighted by molar-refractivity contribution is -0.132. The van der Waals surface area contributed by atoms with Gasteiger partial charge in [-0.1, -0.05) is 0 Å². The van der Waals surface area contributed by atoms with E-state index in [2.05, 4.69) is 0 Å². The maximum absolute atomic E-state index is 8.86. The van der Waals surface area contributed by atoms with Gasteiger partial charge in [0.1, 0.15) is 6.10 Å². The Morgan fingerprint density at radius 3 is 2.44 bits per heavy atom. The Morgan fingerprint density at radius 1 is 1.44 bits per heavy atom. The molecule has 0 aromatic heterocycles. The quantitative estimate of drug-likeness (QED) is 0.493. The van der Waals surface area contributed by atoms with Crippen molar-refractivity contribution >= 4 is 0 Å². The summed E-state index contributed by atoms with van der Waals surface area (Å²) in [6, 6.07) is 0. The van der Waals surface area contributed by atoms with E-state index in [0.717, 1.165) is 0 Å². The van der Waals surface area contributed by atoms with Crippen LogP contribution in [0.15, 0.2) is 0 Å². The summed E-state index contributed by atoms with van der Waals surface area (Å²) < 4.78 is 9.75. The molecule has 0 saturated carbocycles. The second-order valence-corrected chi connectivity index (χ2v) is 1.86. The van der Waals surface area contributed by atoms with Gasteiger partial charge in [-0.25, -0.2) is 0 Å². The van der Waals surface area contributed by atoms with Crippen molar-refractivity contribution in [2.45, 2.75) is 12.4 Å². The van der Waals surface area contributed by atoms with Gasteiger partial charge in [0.2, 0.25) is 0 Å². The van der Waals surface area contributed by atoms with Gasteiger partial charge in [0, 0.05) is 0 Å². The Bertz CT molecular complexity index is 79.0. The molecule has 1 aliphatic heterocycles. The third kappa shape index (κ3) is 1.62. The first-order valence-corrected chi connectivity index (χ1v) is 2.86. The lowest BCUT2D eigenvalue weighted by Gasteiger charge is -2.12. The highest BCUT2D eigenvalue weighted by Gasteiger charge is 2.23. The number of aliphatic hydroxyl groups is 2. The average Bonchev–Trinajstić information content (AvgIpc) is 2.37. The summed E-state index contributed by atoms with van der Waals surface area (Å²) in [6.45, 7) is 0.689. The van der Waals surface area contributed by atoms with Crippen molar-refractivity contribution in [2.24, 2.45) is 0 Å². The minimum Gasteiger partial charge on any atom is -0.393 e. The molecule has 2 N–H and O–H groups in total. The molecule has 0 bridgehead atoms. The Labute approximate surface area is 53.0 Å². The van der Waals surface area contributed by atoms with Crippen LogP contribution in [0.3, 0.4) is 0 Å². The third-order valence-corrected chi connectivity index (χ3v) is 1.15. The standard InChI is InChI=1S/C5H10O4/c6-3-4(7)5-8-1-2-9-5/h4-7H,1-3H2/t4-/m1/s1. The molecule has 1 fully saturated rings. The van der Waals surface area contributed by atoms with E-state index in [-0.39, 0.29) is 6.61 Å². The molecule has 1 aliphatic rings. The van der Waals surface area contributed by atoms with Gasteiger partial charge >= 0.3 is 0 Å². The van der Waals surface area contributed by atoms with Gasteiger partial charge in [0.25, 0.3) is 0 Å². The molecule has 0 spiro atoms. The first kappa shape index (κ1) is 6.95. The van der Waals surface area contributed by atoms with Crippen LogP contribution >= 0.6 is 0 Å². The molecule has 0 amide bonds. The summed E-state index contributed by atoms with van der Waals surface area (Å²) in [6.07, 6.45) is -1.51. The van der Waals surface area contributed by atoms with Crippen LogP contribution in [-0.4, -0.2) is 42.4 Å². The van der Waals surface area contributed by atoms with Gasteiger partial charge in [-0.3, -0.25) is 0 Å². The fraction of sp³-hybridized carbons (Fsp3) is 1.00. The van der Waals surface area contributed by atoms with Crippen molar-refractivity contribution in [3.63, 3.8) is 0 Å². The molecule has 0 aromatic carbocycles. The molecule has 0 radical (unpaired) electrons. The zero-order valence-electron chi connectivity index (χ0n) is 4.99. The number of ether oxygens (including phenoxy) is 2. The highest BCUT2D eigenvalue weighted by atomic mass is 16.7. The first-order valence-electron chi connectivity index (χ1n) is 2.86. The second-order valence-electron chi connectivity index (χ2n) is 1.86. The van der Waals surface area contributed by atoms with Crippen molar-refractivity contribution < 1.29 is 19.7 Å². The topological polar surface area (TPSA) is 58.9 Å². The molecule has 0 aliphatic carbocycles. The van der Waals surface area contributed by atoms with Crippen LogP contribution in [0.4, 0.5) is 0 Å². The molecule has 0 aromatic rings. The average molecular weight is 134 g/mol. The Balaban J connectivity index is 2.24. The van der Waals surface area contributed by atoms with Crippen LogP contribution in [0, 0.1) is 0 Å². The molecular formula is C5H10O4. The zero-order valence-corrected chi connectivity index (χ0v) is 4.99. The molecule has 1 rings (SSSR count). The zero-order chi connectivity index (χ0) is 6.69.